The van der Waals surface area contributed by atoms with Gasteiger partial charge in [0.25, 0.3) is 0 Å². The molecule has 4 heteroatoms. The predicted molar refractivity (Wildman–Crippen MR) is 55.1 cm³/mol. The number of hydrogen-bond donors (Lipinski definition) is 2. The van der Waals surface area contributed by atoms with E-state index >= 15 is 0 Å². The highest BCUT2D eigenvalue weighted by Crippen LogP contribution is 2.18. The molecular formula is C10H20N2O2. The van der Waals surface area contributed by atoms with Crippen LogP contribution in [-0.4, -0.2) is 37.2 Å². The molecule has 14 heavy (non-hydrogen) atoms. The van der Waals surface area contributed by atoms with Crippen molar-refractivity contribution in [1.82, 2.24) is 10.6 Å². The molecule has 0 radical (unpaired) electrons. The molecular weight excluding hydrogens is 180 g/mol. The SMILES string of the molecule is COC(C)C(=O)NC1CCNC1(C)C. The number of amides is 1. The van der Waals surface area contributed by atoms with Gasteiger partial charge in [0.1, 0.15) is 6.10 Å². The molecule has 2 N–H and O–H groups in total. The lowest BCUT2D eigenvalue weighted by Gasteiger charge is -2.28. The van der Waals surface area contributed by atoms with Crippen molar-refractivity contribution in [2.75, 3.05) is 13.7 Å². The van der Waals surface area contributed by atoms with Gasteiger partial charge in [-0.3, -0.25) is 4.79 Å². The van der Waals surface area contributed by atoms with Gasteiger partial charge in [-0.2, -0.15) is 0 Å². The second-order valence-electron chi connectivity index (χ2n) is 4.38. The highest BCUT2D eigenvalue weighted by Gasteiger charge is 2.35. The topological polar surface area (TPSA) is 50.4 Å². The van der Waals surface area contributed by atoms with E-state index in [9.17, 15) is 4.79 Å². The first-order valence-corrected chi connectivity index (χ1v) is 5.05. The molecule has 1 amide bonds. The van der Waals surface area contributed by atoms with E-state index in [1.807, 2.05) is 0 Å². The monoisotopic (exact) mass is 200 g/mol. The van der Waals surface area contributed by atoms with Gasteiger partial charge in [0.05, 0.1) is 0 Å². The van der Waals surface area contributed by atoms with Crippen molar-refractivity contribution in [2.45, 2.75) is 44.9 Å². The Labute approximate surface area is 85.4 Å². The van der Waals surface area contributed by atoms with Gasteiger partial charge in [0.15, 0.2) is 0 Å². The fraction of sp³-hybridized carbons (Fsp3) is 0.900. The largest absolute Gasteiger partial charge is 0.372 e. The van der Waals surface area contributed by atoms with Crippen LogP contribution >= 0.6 is 0 Å². The molecule has 0 bridgehead atoms. The minimum Gasteiger partial charge on any atom is -0.372 e. The molecule has 1 rings (SSSR count). The summed E-state index contributed by atoms with van der Waals surface area (Å²) in [5, 5.41) is 6.35. The summed E-state index contributed by atoms with van der Waals surface area (Å²) in [4.78, 5) is 11.6. The van der Waals surface area contributed by atoms with Gasteiger partial charge in [-0.15, -0.1) is 0 Å². The van der Waals surface area contributed by atoms with Crippen LogP contribution in [0.1, 0.15) is 27.2 Å². The Balaban J connectivity index is 2.48. The first-order valence-electron chi connectivity index (χ1n) is 5.05. The third-order valence-electron chi connectivity index (χ3n) is 2.92. The van der Waals surface area contributed by atoms with Crippen molar-refractivity contribution in [3.8, 4) is 0 Å². The Hall–Kier alpha value is -0.610. The zero-order valence-electron chi connectivity index (χ0n) is 9.39. The molecule has 0 saturated carbocycles. The lowest BCUT2D eigenvalue weighted by atomic mass is 9.97. The van der Waals surface area contributed by atoms with Gasteiger partial charge in [0, 0.05) is 18.7 Å². The van der Waals surface area contributed by atoms with Gasteiger partial charge >= 0.3 is 0 Å². The third-order valence-corrected chi connectivity index (χ3v) is 2.92. The Morgan fingerprint density at radius 3 is 2.71 bits per heavy atom. The van der Waals surface area contributed by atoms with Crippen LogP contribution in [0.3, 0.4) is 0 Å². The normalized spacial score (nSPS) is 27.3. The van der Waals surface area contributed by atoms with Crippen LogP contribution in [0.2, 0.25) is 0 Å². The summed E-state index contributed by atoms with van der Waals surface area (Å²) in [6.07, 6.45) is 0.612. The van der Waals surface area contributed by atoms with Crippen LogP contribution in [0.25, 0.3) is 0 Å². The molecule has 4 nitrogen and oxygen atoms in total. The number of methoxy groups -OCH3 is 1. The lowest BCUT2D eigenvalue weighted by Crippen LogP contribution is -2.52. The van der Waals surface area contributed by atoms with E-state index in [0.717, 1.165) is 13.0 Å². The average Bonchev–Trinajstić information content (AvgIpc) is 2.44. The van der Waals surface area contributed by atoms with Gasteiger partial charge in [0.2, 0.25) is 5.91 Å². The van der Waals surface area contributed by atoms with Crippen molar-refractivity contribution in [3.05, 3.63) is 0 Å². The summed E-state index contributed by atoms with van der Waals surface area (Å²) in [5.41, 5.74) is -0.0108. The lowest BCUT2D eigenvalue weighted by molar-refractivity contribution is -0.131. The molecule has 1 aliphatic rings. The van der Waals surface area contributed by atoms with Crippen LogP contribution in [0.4, 0.5) is 0 Å². The summed E-state index contributed by atoms with van der Waals surface area (Å²) >= 11 is 0. The summed E-state index contributed by atoms with van der Waals surface area (Å²) in [6.45, 7) is 6.91. The molecule has 0 aromatic rings. The number of carbonyl (C=O) groups is 1. The molecule has 0 spiro atoms. The van der Waals surface area contributed by atoms with Crippen molar-refractivity contribution < 1.29 is 9.53 Å². The summed E-state index contributed by atoms with van der Waals surface area (Å²) in [5.74, 6) is -0.0331. The zero-order valence-corrected chi connectivity index (χ0v) is 9.39. The molecule has 82 valence electrons. The van der Waals surface area contributed by atoms with Crippen LogP contribution < -0.4 is 10.6 Å². The van der Waals surface area contributed by atoms with E-state index < -0.39 is 0 Å². The number of ether oxygens (including phenoxy) is 1. The van der Waals surface area contributed by atoms with E-state index in [1.165, 1.54) is 0 Å². The van der Waals surface area contributed by atoms with Gasteiger partial charge in [-0.25, -0.2) is 0 Å². The van der Waals surface area contributed by atoms with Crippen LogP contribution in [0.15, 0.2) is 0 Å². The fourth-order valence-corrected chi connectivity index (χ4v) is 1.67. The van der Waals surface area contributed by atoms with Crippen molar-refractivity contribution in [1.29, 1.82) is 0 Å². The number of carbonyl (C=O) groups excluding carboxylic acids is 1. The maximum atomic E-state index is 11.6. The van der Waals surface area contributed by atoms with E-state index in [1.54, 1.807) is 14.0 Å². The van der Waals surface area contributed by atoms with Gasteiger partial charge < -0.3 is 15.4 Å². The molecule has 2 unspecified atom stereocenters. The van der Waals surface area contributed by atoms with Crippen LogP contribution in [0.5, 0.6) is 0 Å². The van der Waals surface area contributed by atoms with E-state index in [2.05, 4.69) is 24.5 Å². The second-order valence-corrected chi connectivity index (χ2v) is 4.38. The maximum absolute atomic E-state index is 11.6. The highest BCUT2D eigenvalue weighted by molar-refractivity contribution is 5.80. The molecule has 1 fully saturated rings. The van der Waals surface area contributed by atoms with Crippen molar-refractivity contribution in [3.63, 3.8) is 0 Å². The molecule has 0 aromatic heterocycles. The summed E-state index contributed by atoms with van der Waals surface area (Å²) in [7, 11) is 1.54. The Morgan fingerprint density at radius 1 is 1.64 bits per heavy atom. The minimum absolute atomic E-state index is 0.0108. The number of hydrogen-bond acceptors (Lipinski definition) is 3. The number of nitrogens with one attached hydrogen (secondary N) is 2. The Kier molecular flexibility index (Phi) is 3.50. The molecule has 0 aromatic carbocycles. The van der Waals surface area contributed by atoms with E-state index in [4.69, 9.17) is 4.74 Å². The molecule has 1 heterocycles. The van der Waals surface area contributed by atoms with Gasteiger partial charge in [-0.05, 0) is 33.7 Å². The van der Waals surface area contributed by atoms with Crippen LogP contribution in [0, 0.1) is 0 Å². The minimum atomic E-state index is -0.369. The zero-order chi connectivity index (χ0) is 10.8. The Bertz CT molecular complexity index is 216. The van der Waals surface area contributed by atoms with Gasteiger partial charge in [-0.1, -0.05) is 0 Å². The second kappa shape index (κ2) is 4.28. The number of rotatable bonds is 3. The average molecular weight is 200 g/mol. The Morgan fingerprint density at radius 2 is 2.29 bits per heavy atom. The maximum Gasteiger partial charge on any atom is 0.249 e. The van der Waals surface area contributed by atoms with Crippen molar-refractivity contribution in [2.24, 2.45) is 0 Å². The molecule has 1 aliphatic heterocycles. The predicted octanol–water partition coefficient (Wildman–Crippen LogP) is 0.278. The quantitative estimate of drug-likeness (QED) is 0.688. The highest BCUT2D eigenvalue weighted by atomic mass is 16.5. The summed E-state index contributed by atoms with van der Waals surface area (Å²) < 4.78 is 4.96. The first-order chi connectivity index (χ1) is 6.47. The summed E-state index contributed by atoms with van der Waals surface area (Å²) in [6, 6.07) is 0.201. The van der Waals surface area contributed by atoms with E-state index in [-0.39, 0.29) is 23.6 Å². The smallest absolute Gasteiger partial charge is 0.249 e. The first kappa shape index (κ1) is 11.5. The fourth-order valence-electron chi connectivity index (χ4n) is 1.67. The molecule has 1 saturated heterocycles. The molecule has 0 aliphatic carbocycles. The van der Waals surface area contributed by atoms with E-state index in [0.29, 0.717) is 0 Å². The van der Waals surface area contributed by atoms with Crippen molar-refractivity contribution >= 4 is 5.91 Å². The third kappa shape index (κ3) is 2.45. The molecule has 2 atom stereocenters. The van der Waals surface area contributed by atoms with Crippen LogP contribution in [-0.2, 0) is 9.53 Å². The standard InChI is InChI=1S/C10H20N2O2/c1-7(14-4)9(13)12-8-5-6-11-10(8,2)3/h7-8,11H,5-6H2,1-4H3,(H,12,13).